The standard InChI is InChI=1S/C16H10BrFN2O3/c17-12-7-10(18)5-6-14(12)23-15(21)8-20-9-19-13-4-2-1-3-11(13)16(20)22/h1-7,9H,8H2. The number of rotatable bonds is 3. The molecule has 3 rings (SSSR count). The van der Waals surface area contributed by atoms with Crippen LogP contribution in [0.2, 0.25) is 0 Å². The van der Waals surface area contributed by atoms with E-state index in [0.717, 1.165) is 0 Å². The van der Waals surface area contributed by atoms with Crippen molar-refractivity contribution in [3.8, 4) is 5.75 Å². The third-order valence-corrected chi connectivity index (χ3v) is 3.77. The van der Waals surface area contributed by atoms with Gasteiger partial charge in [0.05, 0.1) is 21.7 Å². The Bertz CT molecular complexity index is 955. The SMILES string of the molecule is O=C(Cn1cnc2ccccc2c1=O)Oc1ccc(F)cc1Br. The van der Waals surface area contributed by atoms with Crippen LogP contribution in [-0.2, 0) is 11.3 Å². The van der Waals surface area contributed by atoms with Crippen molar-refractivity contribution in [1.29, 1.82) is 0 Å². The summed E-state index contributed by atoms with van der Waals surface area (Å²) >= 11 is 3.11. The Labute approximate surface area is 138 Å². The monoisotopic (exact) mass is 376 g/mol. The molecule has 0 aliphatic carbocycles. The molecule has 0 aliphatic heterocycles. The Morgan fingerprint density at radius 1 is 1.26 bits per heavy atom. The zero-order chi connectivity index (χ0) is 16.4. The summed E-state index contributed by atoms with van der Waals surface area (Å²) in [5.41, 5.74) is 0.231. The summed E-state index contributed by atoms with van der Waals surface area (Å²) in [6, 6.07) is 10.6. The number of carbonyl (C=O) groups excluding carboxylic acids is 1. The van der Waals surface area contributed by atoms with Crippen LogP contribution in [0.5, 0.6) is 5.75 Å². The highest BCUT2D eigenvalue weighted by Gasteiger charge is 2.12. The number of benzene rings is 2. The quantitative estimate of drug-likeness (QED) is 0.520. The summed E-state index contributed by atoms with van der Waals surface area (Å²) < 4.78 is 19.6. The Morgan fingerprint density at radius 3 is 2.83 bits per heavy atom. The summed E-state index contributed by atoms with van der Waals surface area (Å²) in [5.74, 6) is -0.929. The van der Waals surface area contributed by atoms with Gasteiger partial charge in [-0.1, -0.05) is 12.1 Å². The van der Waals surface area contributed by atoms with Crippen LogP contribution in [0.4, 0.5) is 4.39 Å². The molecule has 116 valence electrons. The first-order valence-corrected chi connectivity index (χ1v) is 7.44. The Kier molecular flexibility index (Phi) is 4.20. The molecule has 0 bridgehead atoms. The molecule has 3 aromatic rings. The first kappa shape index (κ1) is 15.4. The average Bonchev–Trinajstić information content (AvgIpc) is 2.53. The van der Waals surface area contributed by atoms with Crippen molar-refractivity contribution in [2.24, 2.45) is 0 Å². The summed E-state index contributed by atoms with van der Waals surface area (Å²) in [4.78, 5) is 28.4. The zero-order valence-electron chi connectivity index (χ0n) is 11.7. The maximum Gasteiger partial charge on any atom is 0.331 e. The minimum Gasteiger partial charge on any atom is -0.424 e. The molecule has 2 aromatic carbocycles. The van der Waals surface area contributed by atoms with Crippen LogP contribution in [0.15, 0.2) is 58.1 Å². The van der Waals surface area contributed by atoms with Gasteiger partial charge < -0.3 is 4.74 Å². The smallest absolute Gasteiger partial charge is 0.331 e. The second-order valence-corrected chi connectivity index (χ2v) is 5.60. The van der Waals surface area contributed by atoms with Crippen molar-refractivity contribution in [3.63, 3.8) is 0 Å². The summed E-state index contributed by atoms with van der Waals surface area (Å²) in [6.45, 7) is -0.291. The van der Waals surface area contributed by atoms with Gasteiger partial charge in [0.2, 0.25) is 0 Å². The highest BCUT2D eigenvalue weighted by Crippen LogP contribution is 2.25. The van der Waals surface area contributed by atoms with E-state index < -0.39 is 11.8 Å². The van der Waals surface area contributed by atoms with Crippen molar-refractivity contribution in [2.75, 3.05) is 0 Å². The van der Waals surface area contributed by atoms with E-state index >= 15 is 0 Å². The van der Waals surface area contributed by atoms with Gasteiger partial charge in [-0.2, -0.15) is 0 Å². The molecule has 0 fully saturated rings. The summed E-state index contributed by atoms with van der Waals surface area (Å²) in [5, 5.41) is 0.422. The lowest BCUT2D eigenvalue weighted by Crippen LogP contribution is -2.26. The minimum atomic E-state index is -0.656. The molecule has 0 saturated carbocycles. The van der Waals surface area contributed by atoms with Gasteiger partial charge in [-0.05, 0) is 46.3 Å². The van der Waals surface area contributed by atoms with E-state index in [2.05, 4.69) is 20.9 Å². The molecule has 0 atom stereocenters. The first-order valence-electron chi connectivity index (χ1n) is 6.64. The number of para-hydroxylation sites is 1. The maximum atomic E-state index is 13.0. The van der Waals surface area contributed by atoms with Crippen LogP contribution in [0, 0.1) is 5.82 Å². The van der Waals surface area contributed by atoms with Gasteiger partial charge >= 0.3 is 5.97 Å². The molecule has 5 nitrogen and oxygen atoms in total. The Morgan fingerprint density at radius 2 is 2.04 bits per heavy atom. The number of ether oxygens (including phenoxy) is 1. The minimum absolute atomic E-state index is 0.179. The number of carbonyl (C=O) groups is 1. The highest BCUT2D eigenvalue weighted by molar-refractivity contribution is 9.10. The van der Waals surface area contributed by atoms with Crippen LogP contribution in [0.3, 0.4) is 0 Å². The van der Waals surface area contributed by atoms with E-state index in [9.17, 15) is 14.0 Å². The van der Waals surface area contributed by atoms with Crippen LogP contribution in [-0.4, -0.2) is 15.5 Å². The predicted octanol–water partition coefficient (Wildman–Crippen LogP) is 2.90. The van der Waals surface area contributed by atoms with E-state index in [1.165, 1.54) is 29.1 Å². The van der Waals surface area contributed by atoms with Crippen LogP contribution < -0.4 is 10.3 Å². The van der Waals surface area contributed by atoms with Crippen molar-refractivity contribution < 1.29 is 13.9 Å². The van der Waals surface area contributed by atoms with Gasteiger partial charge in [0.25, 0.3) is 5.56 Å². The van der Waals surface area contributed by atoms with Gasteiger partial charge in [-0.15, -0.1) is 0 Å². The normalized spacial score (nSPS) is 10.7. The topological polar surface area (TPSA) is 61.2 Å². The highest BCUT2D eigenvalue weighted by atomic mass is 79.9. The molecule has 1 heterocycles. The van der Waals surface area contributed by atoms with Crippen molar-refractivity contribution >= 4 is 32.8 Å². The summed E-state index contributed by atoms with van der Waals surface area (Å²) in [6.07, 6.45) is 1.30. The fourth-order valence-corrected chi connectivity index (χ4v) is 2.50. The second-order valence-electron chi connectivity index (χ2n) is 4.74. The molecule has 0 spiro atoms. The number of nitrogens with zero attached hydrogens (tertiary/aromatic N) is 2. The molecule has 0 N–H and O–H groups in total. The maximum absolute atomic E-state index is 13.0. The van der Waals surface area contributed by atoms with E-state index in [0.29, 0.717) is 15.4 Å². The van der Waals surface area contributed by atoms with Gasteiger partial charge in [-0.3, -0.25) is 9.36 Å². The molecular formula is C16H10BrFN2O3. The summed E-state index contributed by atoms with van der Waals surface area (Å²) in [7, 11) is 0. The number of aromatic nitrogens is 2. The van der Waals surface area contributed by atoms with Gasteiger partial charge in [0, 0.05) is 0 Å². The second kappa shape index (κ2) is 6.29. The molecule has 0 aliphatic rings. The van der Waals surface area contributed by atoms with Gasteiger partial charge in [0.15, 0.2) is 0 Å². The number of fused-ring (bicyclic) bond motifs is 1. The molecule has 0 unspecified atom stereocenters. The molecule has 0 saturated heterocycles. The third-order valence-electron chi connectivity index (χ3n) is 3.15. The first-order chi connectivity index (χ1) is 11.0. The number of hydrogen-bond donors (Lipinski definition) is 0. The predicted molar refractivity (Wildman–Crippen MR) is 85.7 cm³/mol. The van der Waals surface area contributed by atoms with Gasteiger partial charge in [-0.25, -0.2) is 14.2 Å². The lowest BCUT2D eigenvalue weighted by Gasteiger charge is -2.08. The number of hydrogen-bond acceptors (Lipinski definition) is 4. The van der Waals surface area contributed by atoms with Crippen molar-refractivity contribution in [3.05, 3.63) is 69.4 Å². The fraction of sp³-hybridized carbons (Fsp3) is 0.0625. The lowest BCUT2D eigenvalue weighted by atomic mass is 10.2. The third kappa shape index (κ3) is 3.29. The van der Waals surface area contributed by atoms with E-state index in [1.54, 1.807) is 24.3 Å². The fourth-order valence-electron chi connectivity index (χ4n) is 2.07. The van der Waals surface area contributed by atoms with Crippen LogP contribution in [0.1, 0.15) is 0 Å². The van der Waals surface area contributed by atoms with Crippen LogP contribution >= 0.6 is 15.9 Å². The molecule has 0 radical (unpaired) electrons. The average molecular weight is 377 g/mol. The van der Waals surface area contributed by atoms with Crippen LogP contribution in [0.25, 0.3) is 10.9 Å². The number of esters is 1. The Hall–Kier alpha value is -2.54. The Balaban J connectivity index is 1.83. The van der Waals surface area contributed by atoms with E-state index in [4.69, 9.17) is 4.74 Å². The molecule has 0 amide bonds. The molecule has 7 heteroatoms. The lowest BCUT2D eigenvalue weighted by molar-refractivity contribution is -0.135. The number of halogens is 2. The largest absolute Gasteiger partial charge is 0.424 e. The zero-order valence-corrected chi connectivity index (χ0v) is 13.3. The van der Waals surface area contributed by atoms with E-state index in [1.807, 2.05) is 0 Å². The molecular weight excluding hydrogens is 367 g/mol. The van der Waals surface area contributed by atoms with Gasteiger partial charge in [0.1, 0.15) is 18.1 Å². The van der Waals surface area contributed by atoms with Crippen molar-refractivity contribution in [1.82, 2.24) is 9.55 Å². The van der Waals surface area contributed by atoms with E-state index in [-0.39, 0.29) is 17.9 Å². The van der Waals surface area contributed by atoms with Crippen molar-refractivity contribution in [2.45, 2.75) is 6.54 Å². The molecule has 23 heavy (non-hydrogen) atoms. The molecule has 1 aromatic heterocycles.